The van der Waals surface area contributed by atoms with Crippen LogP contribution in [0.15, 0.2) is 59.5 Å². The molecule has 0 aromatic heterocycles. The third-order valence-electron chi connectivity index (χ3n) is 4.87. The maximum absolute atomic E-state index is 13.7. The van der Waals surface area contributed by atoms with Crippen molar-refractivity contribution in [2.24, 2.45) is 5.92 Å². The number of sulfonamides is 1. The Bertz CT molecular complexity index is 951. The van der Waals surface area contributed by atoms with Crippen LogP contribution < -0.4 is 0 Å². The average molecular weight is 455 g/mol. The van der Waals surface area contributed by atoms with Crippen LogP contribution in [0.1, 0.15) is 32.8 Å². The van der Waals surface area contributed by atoms with Crippen LogP contribution >= 0.6 is 11.6 Å². The van der Waals surface area contributed by atoms with E-state index >= 15 is 0 Å². The Morgan fingerprint density at radius 3 is 2.13 bits per heavy atom. The van der Waals surface area contributed by atoms with E-state index in [1.807, 2.05) is 13.8 Å². The van der Waals surface area contributed by atoms with E-state index in [4.69, 9.17) is 11.6 Å². The van der Waals surface area contributed by atoms with Gasteiger partial charge in [-0.05, 0) is 42.2 Å². The SMILES string of the molecule is CCC(Cc1ccccc1)(N(O)C(=O)O)N(CC(C)C)S(=O)(=O)c1ccc(Cl)cc1. The molecule has 0 radical (unpaired) electrons. The van der Waals surface area contributed by atoms with Crippen LogP contribution in [0.4, 0.5) is 4.79 Å². The number of benzene rings is 2. The molecule has 9 heteroatoms. The summed E-state index contributed by atoms with van der Waals surface area (Å²) < 4.78 is 28.4. The van der Waals surface area contributed by atoms with Gasteiger partial charge in [0, 0.05) is 18.0 Å². The predicted octanol–water partition coefficient (Wildman–Crippen LogP) is 4.70. The first-order valence-electron chi connectivity index (χ1n) is 9.59. The van der Waals surface area contributed by atoms with Gasteiger partial charge in [-0.25, -0.2) is 13.2 Å². The van der Waals surface area contributed by atoms with Crippen molar-refractivity contribution >= 4 is 27.7 Å². The number of carbonyl (C=O) groups is 1. The third kappa shape index (κ3) is 5.13. The minimum absolute atomic E-state index is 0.00989. The zero-order valence-corrected chi connectivity index (χ0v) is 18.8. The van der Waals surface area contributed by atoms with Crippen LogP contribution in [-0.4, -0.2) is 46.4 Å². The fraction of sp³-hybridized carbons (Fsp3) is 0.381. The van der Waals surface area contributed by atoms with Crippen LogP contribution in [0.25, 0.3) is 0 Å². The molecule has 0 aliphatic rings. The maximum atomic E-state index is 13.7. The lowest BCUT2D eigenvalue weighted by Crippen LogP contribution is -2.64. The first-order valence-corrected chi connectivity index (χ1v) is 11.4. The van der Waals surface area contributed by atoms with E-state index in [0.29, 0.717) is 10.6 Å². The summed E-state index contributed by atoms with van der Waals surface area (Å²) >= 11 is 5.91. The van der Waals surface area contributed by atoms with Gasteiger partial charge < -0.3 is 5.11 Å². The van der Waals surface area contributed by atoms with Crippen molar-refractivity contribution in [2.45, 2.75) is 44.2 Å². The van der Waals surface area contributed by atoms with Gasteiger partial charge in [0.2, 0.25) is 10.0 Å². The molecule has 30 heavy (non-hydrogen) atoms. The molecule has 1 amide bonds. The second-order valence-corrected chi connectivity index (χ2v) is 9.78. The van der Waals surface area contributed by atoms with Gasteiger partial charge in [-0.2, -0.15) is 9.37 Å². The molecule has 7 nitrogen and oxygen atoms in total. The van der Waals surface area contributed by atoms with E-state index in [2.05, 4.69) is 0 Å². The average Bonchev–Trinajstić information content (AvgIpc) is 2.71. The fourth-order valence-electron chi connectivity index (χ4n) is 3.38. The molecule has 1 atom stereocenters. The summed E-state index contributed by atoms with van der Waals surface area (Å²) in [5, 5.41) is 20.8. The minimum Gasteiger partial charge on any atom is -0.463 e. The van der Waals surface area contributed by atoms with Crippen molar-refractivity contribution in [3.05, 3.63) is 65.2 Å². The molecule has 0 saturated carbocycles. The quantitative estimate of drug-likeness (QED) is 0.325. The smallest absolute Gasteiger partial charge is 0.433 e. The Morgan fingerprint density at radius 1 is 1.10 bits per heavy atom. The van der Waals surface area contributed by atoms with Crippen molar-refractivity contribution in [3.63, 3.8) is 0 Å². The molecule has 0 bridgehead atoms. The zero-order chi connectivity index (χ0) is 22.5. The molecular formula is C21H27ClN2O5S. The Morgan fingerprint density at radius 2 is 1.67 bits per heavy atom. The number of nitrogens with zero attached hydrogens (tertiary/aromatic N) is 2. The molecule has 2 aromatic carbocycles. The van der Waals surface area contributed by atoms with Crippen LogP contribution in [0.2, 0.25) is 5.02 Å². The molecule has 0 aliphatic heterocycles. The molecule has 0 heterocycles. The molecule has 2 rings (SSSR count). The highest BCUT2D eigenvalue weighted by Crippen LogP contribution is 2.34. The molecular weight excluding hydrogens is 428 g/mol. The highest BCUT2D eigenvalue weighted by molar-refractivity contribution is 7.89. The molecule has 164 valence electrons. The lowest BCUT2D eigenvalue weighted by molar-refractivity contribution is -0.183. The van der Waals surface area contributed by atoms with E-state index in [9.17, 15) is 23.5 Å². The Kier molecular flexibility index (Phi) is 7.87. The van der Waals surface area contributed by atoms with E-state index in [0.717, 1.165) is 4.31 Å². The summed E-state index contributed by atoms with van der Waals surface area (Å²) in [6, 6.07) is 14.6. The second-order valence-electron chi connectivity index (χ2n) is 7.48. The maximum Gasteiger partial charge on any atom is 0.433 e. The van der Waals surface area contributed by atoms with E-state index in [1.54, 1.807) is 37.3 Å². The van der Waals surface area contributed by atoms with Gasteiger partial charge in [0.1, 0.15) is 5.66 Å². The predicted molar refractivity (Wildman–Crippen MR) is 115 cm³/mol. The van der Waals surface area contributed by atoms with Gasteiger partial charge in [-0.15, -0.1) is 0 Å². The molecule has 2 N–H and O–H groups in total. The van der Waals surface area contributed by atoms with Crippen LogP contribution in [0.3, 0.4) is 0 Å². The Balaban J connectivity index is 2.71. The monoisotopic (exact) mass is 454 g/mol. The van der Waals surface area contributed by atoms with E-state index < -0.39 is 21.8 Å². The normalized spacial score (nSPS) is 14.0. The van der Waals surface area contributed by atoms with Gasteiger partial charge in [0.15, 0.2) is 0 Å². The summed E-state index contributed by atoms with van der Waals surface area (Å²) in [6.07, 6.45) is -1.62. The first-order chi connectivity index (χ1) is 14.0. The van der Waals surface area contributed by atoms with Crippen LogP contribution in [0.5, 0.6) is 0 Å². The van der Waals surface area contributed by atoms with Gasteiger partial charge in [-0.1, -0.05) is 62.7 Å². The van der Waals surface area contributed by atoms with Crippen molar-refractivity contribution < 1.29 is 23.5 Å². The van der Waals surface area contributed by atoms with E-state index in [-0.39, 0.29) is 35.3 Å². The van der Waals surface area contributed by atoms with Gasteiger partial charge >= 0.3 is 6.09 Å². The number of carboxylic acid groups (broad SMARTS) is 1. The summed E-state index contributed by atoms with van der Waals surface area (Å²) in [6.45, 7) is 5.32. The van der Waals surface area contributed by atoms with Crippen LogP contribution in [-0.2, 0) is 16.4 Å². The molecule has 0 saturated heterocycles. The van der Waals surface area contributed by atoms with Gasteiger partial charge in [0.05, 0.1) is 4.90 Å². The van der Waals surface area contributed by atoms with Gasteiger partial charge in [0.25, 0.3) is 0 Å². The summed E-state index contributed by atoms with van der Waals surface area (Å²) in [5.74, 6) is -0.129. The lowest BCUT2D eigenvalue weighted by Gasteiger charge is -2.46. The lowest BCUT2D eigenvalue weighted by atomic mass is 9.95. The molecule has 0 aliphatic carbocycles. The Hall–Kier alpha value is -2.13. The standard InChI is InChI=1S/C21H27ClN2O5S/c1-4-21(24(27)20(25)26,14-17-8-6-5-7-9-17)23(15-16(2)3)30(28,29)19-12-10-18(22)11-13-19/h5-13,16,27H,4,14-15H2,1-3H3,(H,25,26). The number of hydroxylamine groups is 2. The number of halogens is 1. The second kappa shape index (κ2) is 9.78. The summed E-state index contributed by atoms with van der Waals surface area (Å²) in [4.78, 5) is 11.8. The highest BCUT2D eigenvalue weighted by Gasteiger charge is 2.49. The molecule has 0 fully saturated rings. The van der Waals surface area contributed by atoms with Crippen molar-refractivity contribution in [1.82, 2.24) is 9.37 Å². The van der Waals surface area contributed by atoms with Crippen molar-refractivity contribution in [1.29, 1.82) is 0 Å². The van der Waals surface area contributed by atoms with Crippen LogP contribution in [0, 0.1) is 5.92 Å². The Labute approximate surface area is 182 Å². The number of hydrogen-bond acceptors (Lipinski definition) is 4. The molecule has 2 aromatic rings. The summed E-state index contributed by atoms with van der Waals surface area (Å²) in [7, 11) is -4.17. The number of amides is 1. The molecule has 0 spiro atoms. The summed E-state index contributed by atoms with van der Waals surface area (Å²) in [5.41, 5.74) is -1.05. The number of hydrogen-bond donors (Lipinski definition) is 2. The first kappa shape index (κ1) is 24.1. The van der Waals surface area contributed by atoms with Crippen molar-refractivity contribution in [2.75, 3.05) is 6.54 Å². The van der Waals surface area contributed by atoms with Gasteiger partial charge in [-0.3, -0.25) is 5.21 Å². The highest BCUT2D eigenvalue weighted by atomic mass is 35.5. The third-order valence-corrected chi connectivity index (χ3v) is 7.06. The molecule has 1 unspecified atom stereocenters. The minimum atomic E-state index is -4.17. The topological polar surface area (TPSA) is 98.1 Å². The largest absolute Gasteiger partial charge is 0.463 e. The van der Waals surface area contributed by atoms with Crippen molar-refractivity contribution in [3.8, 4) is 0 Å². The zero-order valence-electron chi connectivity index (χ0n) is 17.2. The van der Waals surface area contributed by atoms with E-state index in [1.165, 1.54) is 24.3 Å². The fourth-order valence-corrected chi connectivity index (χ4v) is 5.45. The number of rotatable bonds is 9.